The fraction of sp³-hybridized carbons (Fsp3) is 0.105. The molecule has 42 heavy (non-hydrogen) atoms. The van der Waals surface area contributed by atoms with Crippen molar-refractivity contribution in [2.24, 2.45) is 0 Å². The van der Waals surface area contributed by atoms with Crippen LogP contribution in [0.15, 0.2) is 163 Å². The van der Waals surface area contributed by atoms with Crippen LogP contribution in [0.5, 0.6) is 5.75 Å². The summed E-state index contributed by atoms with van der Waals surface area (Å²) < 4.78 is 7.41. The molecule has 0 radical (unpaired) electrons. The molecule has 2 unspecified atom stereocenters. The molecule has 4 heteroatoms. The second-order valence-corrected chi connectivity index (χ2v) is 20.5. The van der Waals surface area contributed by atoms with E-state index in [1.807, 2.05) is 0 Å². The largest absolute Gasteiger partial charge is 0.485 e. The van der Waals surface area contributed by atoms with Gasteiger partial charge in [-0.15, -0.1) is 0 Å². The molecule has 1 aliphatic heterocycles. The quantitative estimate of drug-likeness (QED) is 0.150. The average Bonchev–Trinajstić information content (AvgIpc) is 3.04. The normalized spacial score (nSPS) is 18.6. The topological polar surface area (TPSA) is 9.23 Å². The molecule has 2 aliphatic rings. The Morgan fingerprint density at radius 1 is 0.548 bits per heavy atom. The third-order valence-electron chi connectivity index (χ3n) is 8.53. The van der Waals surface area contributed by atoms with Gasteiger partial charge in [-0.05, 0) is 42.2 Å². The summed E-state index contributed by atoms with van der Waals surface area (Å²) in [7, 11) is -3.50. The smallest absolute Gasteiger partial charge is 0.129 e. The number of fused-ring (bicyclic) bond motifs is 2. The van der Waals surface area contributed by atoms with Gasteiger partial charge in [0.2, 0.25) is 0 Å². The highest BCUT2D eigenvalue weighted by Crippen LogP contribution is 2.53. The zero-order chi connectivity index (χ0) is 28.5. The Bertz CT molecular complexity index is 1660. The van der Waals surface area contributed by atoms with Gasteiger partial charge in [-0.3, -0.25) is 0 Å². The Balaban J connectivity index is 1.40. The van der Waals surface area contributed by atoms with E-state index < -0.39 is 23.9 Å². The van der Waals surface area contributed by atoms with Gasteiger partial charge in [-0.2, -0.15) is 0 Å². The Labute approximate surface area is 253 Å². The first-order valence-corrected chi connectivity index (χ1v) is 20.4. The van der Waals surface area contributed by atoms with Crippen LogP contribution in [0.4, 0.5) is 0 Å². The molecule has 1 heterocycles. The highest BCUT2D eigenvalue weighted by Gasteiger charge is 2.49. The van der Waals surface area contributed by atoms with Crippen molar-refractivity contribution in [3.63, 3.8) is 0 Å². The van der Waals surface area contributed by atoms with E-state index in [1.165, 1.54) is 37.0 Å². The van der Waals surface area contributed by atoms with Crippen LogP contribution >= 0.6 is 15.8 Å². The third kappa shape index (κ3) is 4.93. The van der Waals surface area contributed by atoms with Crippen LogP contribution in [0.3, 0.4) is 0 Å². The Kier molecular flexibility index (Phi) is 7.55. The van der Waals surface area contributed by atoms with E-state index in [2.05, 4.69) is 171 Å². The minimum Gasteiger partial charge on any atom is -0.485 e. The molecule has 0 spiro atoms. The highest BCUT2D eigenvalue weighted by atomic mass is 31.1. The molecular weight excluding hydrogens is 562 g/mol. The molecule has 5 aromatic carbocycles. The van der Waals surface area contributed by atoms with Gasteiger partial charge in [0.15, 0.2) is 0 Å². The summed E-state index contributed by atoms with van der Waals surface area (Å²) in [5, 5.41) is 9.64. The maximum atomic E-state index is 7.41. The first kappa shape index (κ1) is 27.3. The lowest BCUT2D eigenvalue weighted by Crippen LogP contribution is -2.57. The van der Waals surface area contributed by atoms with Crippen LogP contribution in [0.25, 0.3) is 0 Å². The molecule has 0 fully saturated rings. The van der Waals surface area contributed by atoms with E-state index in [4.69, 9.17) is 4.74 Å². The van der Waals surface area contributed by atoms with Crippen LogP contribution in [0.2, 0.25) is 18.6 Å². The standard InChI is InChI=1S/C38H34OP2Si/c1-42(2)35-27-15-25-33(40(29-17-7-3-8-18-29)30-19-9-4-10-20-30)37(35)39-38-34(26-16-28-36(38)42)41(31-21-11-5-12-22-31)32-23-13-6-14-24-32/h3-28,35,37H,1-2H3. The molecular formula is C38H34OP2Si. The Morgan fingerprint density at radius 2 is 1.02 bits per heavy atom. The van der Waals surface area contributed by atoms with E-state index in [-0.39, 0.29) is 6.10 Å². The molecule has 0 amide bonds. The zero-order valence-corrected chi connectivity index (χ0v) is 26.8. The maximum absolute atomic E-state index is 7.41. The summed E-state index contributed by atoms with van der Waals surface area (Å²) in [5.74, 6) is 1.13. The molecule has 0 saturated carbocycles. The fourth-order valence-corrected chi connectivity index (χ4v) is 14.9. The summed E-state index contributed by atoms with van der Waals surface area (Å²) in [6.45, 7) is 5.09. The maximum Gasteiger partial charge on any atom is 0.129 e. The molecule has 1 nitrogen and oxygen atoms in total. The molecule has 2 atom stereocenters. The summed E-state index contributed by atoms with van der Waals surface area (Å²) in [6.07, 6.45) is 7.13. The zero-order valence-electron chi connectivity index (χ0n) is 24.0. The minimum absolute atomic E-state index is 0.0141. The number of para-hydroxylation sites is 1. The van der Waals surface area contributed by atoms with Gasteiger partial charge in [-0.25, -0.2) is 0 Å². The van der Waals surface area contributed by atoms with Crippen molar-refractivity contribution < 1.29 is 4.74 Å². The number of allylic oxidation sites excluding steroid dienone is 2. The van der Waals surface area contributed by atoms with E-state index in [9.17, 15) is 0 Å². The van der Waals surface area contributed by atoms with Gasteiger partial charge in [-0.1, -0.05) is 171 Å². The van der Waals surface area contributed by atoms with Crippen LogP contribution < -0.4 is 36.4 Å². The lowest BCUT2D eigenvalue weighted by atomic mass is 10.1. The van der Waals surface area contributed by atoms with Crippen molar-refractivity contribution >= 4 is 55.6 Å². The molecule has 206 valence electrons. The Morgan fingerprint density at radius 3 is 1.52 bits per heavy atom. The molecule has 0 saturated heterocycles. The molecule has 0 bridgehead atoms. The van der Waals surface area contributed by atoms with Crippen molar-refractivity contribution in [2.45, 2.75) is 24.7 Å². The SMILES string of the molecule is C[Si]1(C)c2cccc(P(c3ccccc3)c3ccccc3)c2OC2C(P(c3ccccc3)c3ccccc3)=CC=CC21. The lowest BCUT2D eigenvalue weighted by Gasteiger charge is -2.47. The van der Waals surface area contributed by atoms with Gasteiger partial charge in [0, 0.05) is 16.2 Å². The summed E-state index contributed by atoms with van der Waals surface area (Å²) in [6, 6.07) is 51.1. The molecule has 1 aliphatic carbocycles. The van der Waals surface area contributed by atoms with Crippen LogP contribution in [0, 0.1) is 0 Å². The number of benzene rings is 5. The number of ether oxygens (including phenoxy) is 1. The van der Waals surface area contributed by atoms with Crippen molar-refractivity contribution in [1.29, 1.82) is 0 Å². The van der Waals surface area contributed by atoms with Gasteiger partial charge < -0.3 is 4.74 Å². The Hall–Kier alpha value is -3.54. The first-order valence-electron chi connectivity index (χ1n) is 14.6. The second kappa shape index (κ2) is 11.6. The monoisotopic (exact) mass is 596 g/mol. The molecule has 0 aromatic heterocycles. The van der Waals surface area contributed by atoms with Gasteiger partial charge in [0.1, 0.15) is 11.9 Å². The van der Waals surface area contributed by atoms with Gasteiger partial charge in [0.05, 0.1) is 8.07 Å². The minimum atomic E-state index is -1.97. The van der Waals surface area contributed by atoms with Crippen molar-refractivity contribution in [2.75, 3.05) is 0 Å². The fourth-order valence-electron chi connectivity index (χ4n) is 6.43. The van der Waals surface area contributed by atoms with Gasteiger partial charge >= 0.3 is 0 Å². The highest BCUT2D eigenvalue weighted by molar-refractivity contribution is 7.80. The van der Waals surface area contributed by atoms with E-state index in [1.54, 1.807) is 0 Å². The third-order valence-corrected chi connectivity index (χ3v) is 17.5. The molecule has 7 rings (SSSR count). The molecule has 5 aromatic rings. The van der Waals surface area contributed by atoms with Gasteiger partial charge in [0.25, 0.3) is 0 Å². The summed E-state index contributed by atoms with van der Waals surface area (Å²) in [4.78, 5) is 0. The number of hydrogen-bond donors (Lipinski definition) is 0. The number of rotatable bonds is 6. The predicted molar refractivity (Wildman–Crippen MR) is 187 cm³/mol. The number of hydrogen-bond acceptors (Lipinski definition) is 1. The van der Waals surface area contributed by atoms with E-state index in [0.717, 1.165) is 5.75 Å². The van der Waals surface area contributed by atoms with Crippen LogP contribution in [-0.2, 0) is 0 Å². The van der Waals surface area contributed by atoms with E-state index in [0.29, 0.717) is 5.54 Å². The van der Waals surface area contributed by atoms with Crippen LogP contribution in [-0.4, -0.2) is 14.2 Å². The predicted octanol–water partition coefficient (Wildman–Crippen LogP) is 7.08. The second-order valence-electron chi connectivity index (χ2n) is 11.4. The van der Waals surface area contributed by atoms with E-state index >= 15 is 0 Å². The van der Waals surface area contributed by atoms with Crippen molar-refractivity contribution in [3.8, 4) is 5.75 Å². The van der Waals surface area contributed by atoms with Crippen LogP contribution in [0.1, 0.15) is 0 Å². The first-order chi connectivity index (χ1) is 20.6. The van der Waals surface area contributed by atoms with Crippen molar-refractivity contribution in [3.05, 3.63) is 163 Å². The lowest BCUT2D eigenvalue weighted by molar-refractivity contribution is 0.243. The summed E-state index contributed by atoms with van der Waals surface area (Å²) in [5.41, 5.74) is 0.373. The molecule has 0 N–H and O–H groups in total. The summed E-state index contributed by atoms with van der Waals surface area (Å²) >= 11 is 0. The average molecular weight is 597 g/mol. The van der Waals surface area contributed by atoms with Crippen molar-refractivity contribution in [1.82, 2.24) is 0 Å².